The largest absolute Gasteiger partial charge is 0.478 e. The fraction of sp³-hybridized carbons (Fsp3) is 0.361. The van der Waals surface area contributed by atoms with Crippen LogP contribution in [0, 0.1) is 11.8 Å². The number of hydrogen-bond acceptors (Lipinski definition) is 9. The normalized spacial score (nSPS) is 22.8. The maximum absolute atomic E-state index is 13.4. The number of ketones is 1. The number of esters is 2. The molecule has 84 heavy (non-hydrogen) atoms. The van der Waals surface area contributed by atoms with Gasteiger partial charge in [-0.3, -0.25) is 24.0 Å². The number of carboxylic acids is 1. The summed E-state index contributed by atoms with van der Waals surface area (Å²) in [5, 5.41) is 17.8. The molecule has 12 nitrogen and oxygen atoms in total. The standard InChI is InChI=1S/C32H39NO7.C20H18.C19H19NO3.CH4/c1-18-19(2)32(39-22(5)36)30(40-31(18)17-38-21(4)35)16-29(37)24-12-10-23(11-13-24)25-14-15-28(33-20(3)34)27-9-7-6-8-26(25)27;1-2-8-17-14-18(13-12-15(17)6-1)20-11-5-9-16-7-3-4-10-19(16)20;1-12(21)20-18-11-10-15(16-4-2-3-5-17(16)18)13-6-8-14(9-7-13)19(22)23;/h6-13,18-19,25,28,30-32H,14-17H2,1-5H3,(H,33,34);1-4,6-8,10,12-14,20H,5,9,11H2;2-9,15,18H,10-11H2,1H3,(H,20,21)(H,22,23);1H4/t18-,19-,25?,28+,30-,31?,32?;;15?,18-;/m0.1./s1. The molecule has 5 unspecified atom stereocenters. The van der Waals surface area contributed by atoms with E-state index in [0.29, 0.717) is 17.0 Å². The van der Waals surface area contributed by atoms with Gasteiger partial charge < -0.3 is 30.0 Å². The van der Waals surface area contributed by atoms with Crippen molar-refractivity contribution < 1.29 is 48.1 Å². The van der Waals surface area contributed by atoms with E-state index in [1.165, 1.54) is 71.7 Å². The van der Waals surface area contributed by atoms with Gasteiger partial charge in [0.1, 0.15) is 18.8 Å². The first-order valence-corrected chi connectivity index (χ1v) is 29.2. The summed E-state index contributed by atoms with van der Waals surface area (Å²) in [5.41, 5.74) is 12.3. The highest BCUT2D eigenvalue weighted by molar-refractivity contribution is 5.96. The molecular formula is C72H80N2O10. The van der Waals surface area contributed by atoms with E-state index in [-0.39, 0.29) is 73.8 Å². The van der Waals surface area contributed by atoms with Crippen molar-refractivity contribution >= 4 is 46.3 Å². The van der Waals surface area contributed by atoms with Crippen molar-refractivity contribution in [1.29, 1.82) is 0 Å². The molecule has 0 bridgehead atoms. The number of fused-ring (bicyclic) bond motifs is 4. The van der Waals surface area contributed by atoms with E-state index in [1.807, 2.05) is 74.5 Å². The van der Waals surface area contributed by atoms with Crippen LogP contribution in [-0.4, -0.2) is 65.5 Å². The van der Waals surface area contributed by atoms with E-state index in [4.69, 9.17) is 19.3 Å². The Kier molecular flexibility index (Phi) is 20.9. The van der Waals surface area contributed by atoms with Crippen LogP contribution in [0.15, 0.2) is 164 Å². The molecule has 0 radical (unpaired) electrons. The second-order valence-electron chi connectivity index (χ2n) is 22.8. The summed E-state index contributed by atoms with van der Waals surface area (Å²) < 4.78 is 17.0. The van der Waals surface area contributed by atoms with Crippen LogP contribution in [0.25, 0.3) is 10.8 Å². The first-order valence-electron chi connectivity index (χ1n) is 29.2. The van der Waals surface area contributed by atoms with Gasteiger partial charge in [0, 0.05) is 63.4 Å². The van der Waals surface area contributed by atoms with Gasteiger partial charge in [0.15, 0.2) is 5.78 Å². The summed E-state index contributed by atoms with van der Waals surface area (Å²) in [6.45, 7) is 9.79. The number of benzene rings is 7. The van der Waals surface area contributed by atoms with Crippen molar-refractivity contribution in [2.24, 2.45) is 11.8 Å². The summed E-state index contributed by atoms with van der Waals surface area (Å²) >= 11 is 0. The molecule has 3 N–H and O–H groups in total. The van der Waals surface area contributed by atoms with Crippen molar-refractivity contribution in [3.8, 4) is 0 Å². The number of aryl methyl sites for hydroxylation is 1. The van der Waals surface area contributed by atoms with E-state index in [0.717, 1.165) is 47.9 Å². The minimum Gasteiger partial charge on any atom is -0.478 e. The Morgan fingerprint density at radius 1 is 0.512 bits per heavy atom. The highest BCUT2D eigenvalue weighted by atomic mass is 16.6. The molecule has 0 saturated carbocycles. The minimum absolute atomic E-state index is 0. The average molecular weight is 1130 g/mol. The molecule has 10 atom stereocenters. The number of Topliss-reactive ketones (excluding diaryl/α,β-unsaturated/α-hetero) is 1. The van der Waals surface area contributed by atoms with Crippen molar-refractivity contribution in [2.45, 2.75) is 148 Å². The van der Waals surface area contributed by atoms with Gasteiger partial charge in [-0.25, -0.2) is 4.79 Å². The zero-order valence-electron chi connectivity index (χ0n) is 48.3. The van der Waals surface area contributed by atoms with Gasteiger partial charge in [-0.15, -0.1) is 0 Å². The van der Waals surface area contributed by atoms with Crippen molar-refractivity contribution in [3.63, 3.8) is 0 Å². The van der Waals surface area contributed by atoms with Crippen LogP contribution in [0.3, 0.4) is 0 Å². The van der Waals surface area contributed by atoms with E-state index in [2.05, 4.69) is 102 Å². The third kappa shape index (κ3) is 14.9. The van der Waals surface area contributed by atoms with Crippen LogP contribution < -0.4 is 10.6 Å². The Labute approximate surface area is 494 Å². The second kappa shape index (κ2) is 28.4. The SMILES string of the molecule is C.CC(=O)N[C@@H]1CCC(c2ccc(C(=O)C[C@@H]3OC(COC(C)=O)[C@@H](C)[C@H](C)C3OC(C)=O)cc2)c2ccccc21.CC(=O)N[C@@H]1CCC(c2ccc(C(=O)O)cc2)c2ccccc21.c1ccc2c(c1)CCCC2c1ccc2ccccc2c1. The third-order valence-corrected chi connectivity index (χ3v) is 17.3. The van der Waals surface area contributed by atoms with Crippen molar-refractivity contribution in [1.82, 2.24) is 10.6 Å². The number of carbonyl (C=O) groups excluding carboxylic acids is 5. The maximum Gasteiger partial charge on any atom is 0.335 e. The van der Waals surface area contributed by atoms with Crippen LogP contribution in [0.5, 0.6) is 0 Å². The fourth-order valence-electron chi connectivity index (χ4n) is 13.0. The second-order valence-corrected chi connectivity index (χ2v) is 22.8. The Morgan fingerprint density at radius 3 is 1.54 bits per heavy atom. The van der Waals surface area contributed by atoms with E-state index in [1.54, 1.807) is 26.0 Å². The molecule has 2 amide bonds. The molecule has 4 aliphatic rings. The van der Waals surface area contributed by atoms with Crippen LogP contribution in [0.1, 0.15) is 195 Å². The number of rotatable bonds is 12. The molecule has 1 aliphatic heterocycles. The molecule has 1 saturated heterocycles. The molecule has 0 spiro atoms. The van der Waals surface area contributed by atoms with Crippen LogP contribution in [0.4, 0.5) is 0 Å². The molecule has 1 fully saturated rings. The van der Waals surface area contributed by atoms with Crippen molar-refractivity contribution in [3.05, 3.63) is 225 Å². The molecule has 3 aliphatic carbocycles. The minimum atomic E-state index is -0.911. The van der Waals surface area contributed by atoms with Gasteiger partial charge in [0.25, 0.3) is 0 Å². The quantitative estimate of drug-likeness (QED) is 0.0789. The molecule has 438 valence electrons. The Balaban J connectivity index is 0.000000177. The monoisotopic (exact) mass is 1130 g/mol. The fourth-order valence-corrected chi connectivity index (χ4v) is 13.0. The smallest absolute Gasteiger partial charge is 0.335 e. The first-order chi connectivity index (χ1) is 40.0. The number of hydrogen-bond donors (Lipinski definition) is 3. The molecule has 12 heteroatoms. The number of carboxylic acid groups (broad SMARTS) is 1. The lowest BCUT2D eigenvalue weighted by Gasteiger charge is -2.43. The lowest BCUT2D eigenvalue weighted by Crippen LogP contribution is -2.53. The Morgan fingerprint density at radius 2 is 1.00 bits per heavy atom. The lowest BCUT2D eigenvalue weighted by molar-refractivity contribution is -0.202. The molecule has 1 heterocycles. The topological polar surface area (TPSA) is 174 Å². The maximum atomic E-state index is 13.4. The van der Waals surface area contributed by atoms with E-state index < -0.39 is 36.2 Å². The number of nitrogens with one attached hydrogen (secondary N) is 2. The van der Waals surface area contributed by atoms with Gasteiger partial charge in [-0.05, 0) is 124 Å². The summed E-state index contributed by atoms with van der Waals surface area (Å²) in [6, 6.07) is 55.7. The zero-order chi connectivity index (χ0) is 58.7. The summed E-state index contributed by atoms with van der Waals surface area (Å²) in [6.07, 6.45) is 5.73. The van der Waals surface area contributed by atoms with Crippen molar-refractivity contribution in [2.75, 3.05) is 6.61 Å². The van der Waals surface area contributed by atoms with Gasteiger partial charge in [0.2, 0.25) is 11.8 Å². The van der Waals surface area contributed by atoms with Gasteiger partial charge in [-0.1, -0.05) is 173 Å². The molecule has 0 aromatic heterocycles. The zero-order valence-corrected chi connectivity index (χ0v) is 48.3. The van der Waals surface area contributed by atoms with Gasteiger partial charge in [-0.2, -0.15) is 0 Å². The number of ether oxygens (including phenoxy) is 3. The number of carbonyl (C=O) groups is 6. The van der Waals surface area contributed by atoms with Gasteiger partial charge in [0.05, 0.1) is 23.8 Å². The Hall–Kier alpha value is -8.22. The third-order valence-electron chi connectivity index (χ3n) is 17.3. The number of aromatic carboxylic acids is 1. The summed E-state index contributed by atoms with van der Waals surface area (Å²) in [4.78, 5) is 70.7. The molecule has 7 aromatic rings. The predicted octanol–water partition coefficient (Wildman–Crippen LogP) is 14.3. The van der Waals surface area contributed by atoms with Gasteiger partial charge >= 0.3 is 17.9 Å². The van der Waals surface area contributed by atoms with Crippen LogP contribution >= 0.6 is 0 Å². The first kappa shape index (κ1) is 61.8. The van der Waals surface area contributed by atoms with E-state index >= 15 is 0 Å². The average Bonchev–Trinajstić information content (AvgIpc) is 3.68. The predicted molar refractivity (Wildman–Crippen MR) is 328 cm³/mol. The lowest BCUT2D eigenvalue weighted by atomic mass is 9.76. The highest BCUT2D eigenvalue weighted by Crippen LogP contribution is 2.44. The molecule has 11 rings (SSSR count). The molecular weight excluding hydrogens is 1050 g/mol. The van der Waals surface area contributed by atoms with Crippen LogP contribution in [0.2, 0.25) is 0 Å². The number of amides is 2. The Bertz CT molecular complexity index is 3440. The summed E-state index contributed by atoms with van der Waals surface area (Å²) in [5.74, 6) is -1.07. The van der Waals surface area contributed by atoms with Crippen LogP contribution in [-0.2, 0) is 39.8 Å². The highest BCUT2D eigenvalue weighted by Gasteiger charge is 2.44. The molecule has 7 aromatic carbocycles. The summed E-state index contributed by atoms with van der Waals surface area (Å²) in [7, 11) is 0. The van der Waals surface area contributed by atoms with E-state index in [9.17, 15) is 28.8 Å².